The minimum atomic E-state index is -0.351. The molecule has 1 aliphatic rings. The fraction of sp³-hybridized carbons (Fsp3) is 0.667. The lowest BCUT2D eigenvalue weighted by atomic mass is 9.83. The number of hydrogen-bond donors (Lipinski definition) is 0. The van der Waals surface area contributed by atoms with Crippen LogP contribution >= 0.6 is 0 Å². The molecule has 0 aromatic carbocycles. The maximum atomic E-state index is 11.0. The van der Waals surface area contributed by atoms with Crippen LogP contribution in [0.3, 0.4) is 0 Å². The Morgan fingerprint density at radius 2 is 2.00 bits per heavy atom. The summed E-state index contributed by atoms with van der Waals surface area (Å²) >= 11 is 0. The average Bonchev–Trinajstić information content (AvgIpc) is 2.02. The van der Waals surface area contributed by atoms with Crippen LogP contribution in [-0.2, 0) is 9.53 Å². The van der Waals surface area contributed by atoms with Gasteiger partial charge in [-0.1, -0.05) is 0 Å². The van der Waals surface area contributed by atoms with Crippen molar-refractivity contribution < 1.29 is 9.53 Å². The number of rotatable bonds is 2. The van der Waals surface area contributed by atoms with E-state index in [9.17, 15) is 4.79 Å². The van der Waals surface area contributed by atoms with Gasteiger partial charge in [-0.3, -0.25) is 4.79 Å². The number of nitriles is 2. The molecule has 1 saturated heterocycles. The van der Waals surface area contributed by atoms with Gasteiger partial charge in [0.05, 0.1) is 37.2 Å². The Bertz CT molecular complexity index is 256. The van der Waals surface area contributed by atoms with Crippen molar-refractivity contribution in [2.24, 2.45) is 5.41 Å². The molecule has 1 heterocycles. The van der Waals surface area contributed by atoms with Gasteiger partial charge in [0.2, 0.25) is 0 Å². The Labute approximate surface area is 77.7 Å². The third kappa shape index (κ3) is 3.23. The third-order valence-corrected chi connectivity index (χ3v) is 1.75. The van der Waals surface area contributed by atoms with E-state index in [2.05, 4.69) is 0 Å². The van der Waals surface area contributed by atoms with Crippen molar-refractivity contribution in [3.05, 3.63) is 0 Å². The highest BCUT2D eigenvalue weighted by Crippen LogP contribution is 2.28. The summed E-state index contributed by atoms with van der Waals surface area (Å²) < 4.78 is 4.88. The molecule has 1 fully saturated rings. The molecular formula is C9H12N2O2. The third-order valence-electron chi connectivity index (χ3n) is 1.75. The van der Waals surface area contributed by atoms with Crippen LogP contribution < -0.4 is 0 Å². The first-order chi connectivity index (χ1) is 6.10. The highest BCUT2D eigenvalue weighted by Gasteiger charge is 2.40. The number of Topliss-reactive ketones (excluding diaryl/α,β-unsaturated/α-hetero) is 1. The minimum absolute atomic E-state index is 0.00116. The molecule has 0 N–H and O–H groups in total. The highest BCUT2D eigenvalue weighted by molar-refractivity contribution is 5.87. The molecule has 1 aliphatic heterocycles. The zero-order valence-corrected chi connectivity index (χ0v) is 7.83. The van der Waals surface area contributed by atoms with E-state index >= 15 is 0 Å². The molecule has 4 heteroatoms. The molecule has 0 radical (unpaired) electrons. The number of nitrogens with zero attached hydrogens (tertiary/aromatic N) is 2. The second-order valence-corrected chi connectivity index (χ2v) is 3.04. The molecule has 0 atom stereocenters. The molecule has 13 heavy (non-hydrogen) atoms. The largest absolute Gasteiger partial charge is 0.379 e. The van der Waals surface area contributed by atoms with Gasteiger partial charge in [0.15, 0.2) is 5.78 Å². The summed E-state index contributed by atoms with van der Waals surface area (Å²) in [6.45, 7) is 4.22. The lowest BCUT2D eigenvalue weighted by molar-refractivity contribution is -0.154. The van der Waals surface area contributed by atoms with Crippen LogP contribution in [-0.4, -0.2) is 19.0 Å². The molecule has 0 spiro atoms. The summed E-state index contributed by atoms with van der Waals surface area (Å²) in [6, 6.07) is 3.59. The first-order valence-electron chi connectivity index (χ1n) is 3.89. The summed E-state index contributed by atoms with van der Waals surface area (Å²) in [7, 11) is 0. The van der Waals surface area contributed by atoms with E-state index in [4.69, 9.17) is 15.3 Å². The minimum Gasteiger partial charge on any atom is -0.379 e. The fourth-order valence-corrected chi connectivity index (χ4v) is 0.854. The van der Waals surface area contributed by atoms with Crippen molar-refractivity contribution >= 4 is 5.78 Å². The highest BCUT2D eigenvalue weighted by atomic mass is 16.5. The van der Waals surface area contributed by atoms with E-state index < -0.39 is 0 Å². The number of carbonyl (C=O) groups is 1. The molecule has 0 aromatic heterocycles. The molecule has 0 bridgehead atoms. The molecule has 0 amide bonds. The van der Waals surface area contributed by atoms with Gasteiger partial charge in [0.1, 0.15) is 0 Å². The van der Waals surface area contributed by atoms with Crippen molar-refractivity contribution in [1.29, 1.82) is 10.5 Å². The van der Waals surface area contributed by atoms with Crippen LogP contribution in [0.4, 0.5) is 0 Å². The van der Waals surface area contributed by atoms with Gasteiger partial charge in [-0.25, -0.2) is 0 Å². The second kappa shape index (κ2) is 5.29. The summed E-state index contributed by atoms with van der Waals surface area (Å²) in [6.07, 6.45) is 0.0137. The standard InChI is InChI=1S/C7H9NO2.C2H3N/c1-7(4-10-5-7)6(9)2-3-8;1-2-3/h2,4-5H2,1H3;1H3. The molecule has 0 aromatic rings. The molecule has 0 saturated carbocycles. The van der Waals surface area contributed by atoms with Crippen molar-refractivity contribution in [2.75, 3.05) is 13.2 Å². The summed E-state index contributed by atoms with van der Waals surface area (Å²) in [5.41, 5.74) is -0.351. The molecule has 1 rings (SSSR count). The molecular weight excluding hydrogens is 168 g/mol. The number of hydrogen-bond acceptors (Lipinski definition) is 4. The first kappa shape index (κ1) is 11.6. The van der Waals surface area contributed by atoms with Crippen LogP contribution in [0.2, 0.25) is 0 Å². The second-order valence-electron chi connectivity index (χ2n) is 3.04. The maximum absolute atomic E-state index is 11.0. The number of ether oxygens (including phenoxy) is 1. The van der Waals surface area contributed by atoms with E-state index in [0.29, 0.717) is 13.2 Å². The van der Waals surface area contributed by atoms with Crippen molar-refractivity contribution in [3.63, 3.8) is 0 Å². The van der Waals surface area contributed by atoms with E-state index in [0.717, 1.165) is 0 Å². The molecule has 0 unspecified atom stereocenters. The van der Waals surface area contributed by atoms with Crippen molar-refractivity contribution in [3.8, 4) is 12.1 Å². The quantitative estimate of drug-likeness (QED) is 0.636. The van der Waals surface area contributed by atoms with Crippen LogP contribution in [0.15, 0.2) is 0 Å². The molecule has 70 valence electrons. The van der Waals surface area contributed by atoms with Gasteiger partial charge in [-0.15, -0.1) is 0 Å². The lowest BCUT2D eigenvalue weighted by Crippen LogP contribution is -2.46. The number of ketones is 1. The van der Waals surface area contributed by atoms with Gasteiger partial charge in [0, 0.05) is 6.92 Å². The molecule has 4 nitrogen and oxygen atoms in total. The predicted octanol–water partition coefficient (Wildman–Crippen LogP) is 1.04. The average molecular weight is 180 g/mol. The smallest absolute Gasteiger partial charge is 0.157 e. The maximum Gasteiger partial charge on any atom is 0.157 e. The zero-order chi connectivity index (χ0) is 10.3. The van der Waals surface area contributed by atoms with Crippen molar-refractivity contribution in [1.82, 2.24) is 0 Å². The summed E-state index contributed by atoms with van der Waals surface area (Å²) in [5, 5.41) is 15.5. The normalized spacial score (nSPS) is 16.6. The fourth-order valence-electron chi connectivity index (χ4n) is 0.854. The Morgan fingerprint density at radius 3 is 2.23 bits per heavy atom. The predicted molar refractivity (Wildman–Crippen MR) is 45.5 cm³/mol. The van der Waals surface area contributed by atoms with Crippen LogP contribution in [0.25, 0.3) is 0 Å². The van der Waals surface area contributed by atoms with Gasteiger partial charge in [-0.05, 0) is 6.92 Å². The molecule has 0 aliphatic carbocycles. The Kier molecular flexibility index (Phi) is 4.72. The van der Waals surface area contributed by atoms with Gasteiger partial charge in [0.25, 0.3) is 0 Å². The Morgan fingerprint density at radius 1 is 1.54 bits per heavy atom. The number of carbonyl (C=O) groups excluding carboxylic acids is 1. The summed E-state index contributed by atoms with van der Waals surface area (Å²) in [4.78, 5) is 11.0. The first-order valence-corrected chi connectivity index (χ1v) is 3.89. The summed E-state index contributed by atoms with van der Waals surface area (Å²) in [5.74, 6) is 0.00116. The monoisotopic (exact) mass is 180 g/mol. The van der Waals surface area contributed by atoms with Gasteiger partial charge >= 0.3 is 0 Å². The van der Waals surface area contributed by atoms with E-state index in [-0.39, 0.29) is 17.6 Å². The van der Waals surface area contributed by atoms with Gasteiger partial charge in [-0.2, -0.15) is 10.5 Å². The zero-order valence-electron chi connectivity index (χ0n) is 7.83. The topological polar surface area (TPSA) is 73.9 Å². The van der Waals surface area contributed by atoms with E-state index in [1.165, 1.54) is 6.92 Å². The van der Waals surface area contributed by atoms with Crippen molar-refractivity contribution in [2.45, 2.75) is 20.3 Å². The van der Waals surface area contributed by atoms with Gasteiger partial charge < -0.3 is 4.74 Å². The Hall–Kier alpha value is -1.39. The lowest BCUT2D eigenvalue weighted by Gasteiger charge is -2.35. The SMILES string of the molecule is CC#N.CC1(C(=O)CC#N)COC1. The van der Waals surface area contributed by atoms with Crippen LogP contribution in [0.1, 0.15) is 20.3 Å². The van der Waals surface area contributed by atoms with E-state index in [1.54, 1.807) is 6.07 Å². The van der Waals surface area contributed by atoms with Crippen LogP contribution in [0.5, 0.6) is 0 Å². The Balaban J connectivity index is 0.000000424. The van der Waals surface area contributed by atoms with E-state index in [1.807, 2.05) is 13.0 Å². The van der Waals surface area contributed by atoms with Crippen LogP contribution in [0, 0.1) is 28.1 Å².